The Hall–Kier alpha value is -0.300. The molecule has 8 atom stereocenters. The van der Waals surface area contributed by atoms with Crippen LogP contribution in [-0.4, -0.2) is 11.2 Å². The average Bonchev–Trinajstić information content (AvgIpc) is 2.99. The fraction of sp³-hybridized carbons (Fsp3) is 0.926. The van der Waals surface area contributed by atoms with E-state index in [2.05, 4.69) is 40.7 Å². The van der Waals surface area contributed by atoms with E-state index in [9.17, 15) is 5.11 Å². The van der Waals surface area contributed by atoms with Crippen LogP contribution in [-0.2, 0) is 0 Å². The van der Waals surface area contributed by atoms with Crippen molar-refractivity contribution in [2.45, 2.75) is 111 Å². The molecule has 3 fully saturated rings. The maximum Gasteiger partial charge on any atom is 0.0757 e. The number of aliphatic hydroxyl groups is 1. The Bertz CT molecular complexity index is 591. The summed E-state index contributed by atoms with van der Waals surface area (Å²) in [5.74, 6) is 4.57. The maximum absolute atomic E-state index is 11.3. The number of rotatable bonds is 5. The van der Waals surface area contributed by atoms with Crippen LogP contribution in [0.15, 0.2) is 11.6 Å². The summed E-state index contributed by atoms with van der Waals surface area (Å²) in [6.45, 7) is 12.4. The summed E-state index contributed by atoms with van der Waals surface area (Å²) in [6, 6.07) is 0. The molecule has 1 nitrogen and oxygen atoms in total. The number of hydrogen-bond acceptors (Lipinski definition) is 1. The summed E-state index contributed by atoms with van der Waals surface area (Å²) in [5, 5.41) is 11.3. The molecule has 4 rings (SSSR count). The largest absolute Gasteiger partial charge is 0.389 e. The molecule has 0 aromatic heterocycles. The van der Waals surface area contributed by atoms with Gasteiger partial charge in [0.1, 0.15) is 0 Å². The Morgan fingerprint density at radius 1 is 1.00 bits per heavy atom. The van der Waals surface area contributed by atoms with Gasteiger partial charge in [0.25, 0.3) is 0 Å². The summed E-state index contributed by atoms with van der Waals surface area (Å²) >= 11 is 0. The molecule has 0 aliphatic heterocycles. The van der Waals surface area contributed by atoms with Crippen molar-refractivity contribution in [2.75, 3.05) is 0 Å². The molecule has 4 aliphatic carbocycles. The van der Waals surface area contributed by atoms with Gasteiger partial charge in [-0.05, 0) is 91.3 Å². The monoisotopic (exact) mass is 386 g/mol. The first-order valence-electron chi connectivity index (χ1n) is 12.7. The van der Waals surface area contributed by atoms with Crippen LogP contribution in [0.5, 0.6) is 0 Å². The van der Waals surface area contributed by atoms with Crippen LogP contribution in [0.1, 0.15) is 105 Å². The van der Waals surface area contributed by atoms with Gasteiger partial charge < -0.3 is 5.11 Å². The molecule has 0 saturated heterocycles. The van der Waals surface area contributed by atoms with Gasteiger partial charge >= 0.3 is 0 Å². The van der Waals surface area contributed by atoms with E-state index in [1.165, 1.54) is 70.6 Å². The number of aliphatic hydroxyl groups excluding tert-OH is 1. The molecule has 0 aromatic rings. The van der Waals surface area contributed by atoms with Crippen LogP contribution in [0.3, 0.4) is 0 Å². The molecule has 160 valence electrons. The quantitative estimate of drug-likeness (QED) is 0.488. The van der Waals surface area contributed by atoms with Crippen LogP contribution < -0.4 is 0 Å². The fourth-order valence-corrected chi connectivity index (χ4v) is 8.71. The molecule has 0 radical (unpaired) electrons. The van der Waals surface area contributed by atoms with Gasteiger partial charge in [-0.25, -0.2) is 0 Å². The molecular weight excluding hydrogens is 340 g/mol. The molecule has 0 bridgehead atoms. The highest BCUT2D eigenvalue weighted by atomic mass is 16.3. The summed E-state index contributed by atoms with van der Waals surface area (Å²) in [4.78, 5) is 0. The topological polar surface area (TPSA) is 20.2 Å². The summed E-state index contributed by atoms with van der Waals surface area (Å²) in [5.41, 5.74) is 2.48. The van der Waals surface area contributed by atoms with Crippen molar-refractivity contribution in [1.82, 2.24) is 0 Å². The summed E-state index contributed by atoms with van der Waals surface area (Å²) in [6.07, 6.45) is 17.2. The lowest BCUT2D eigenvalue weighted by Gasteiger charge is -2.59. The van der Waals surface area contributed by atoms with E-state index in [0.29, 0.717) is 16.7 Å². The third kappa shape index (κ3) is 3.32. The van der Waals surface area contributed by atoms with Crippen molar-refractivity contribution in [3.63, 3.8) is 0 Å². The Morgan fingerprint density at radius 3 is 2.54 bits per heavy atom. The molecule has 0 heterocycles. The highest BCUT2D eigenvalue weighted by Gasteiger charge is 2.60. The fourth-order valence-electron chi connectivity index (χ4n) is 8.71. The standard InChI is InChI=1S/C27H46O/c1-18(2)9-8-10-19(3)21-12-13-22-25-23(14-16-27(21,22)5)26(4)15-7-6-11-20(26)17-24(25)28/h17-19,21-25,28H,6-16H2,1-5H3/t19-,21-,22+,23+,24-,25+,26+,27-/m1/s1. The van der Waals surface area contributed by atoms with Crippen molar-refractivity contribution < 1.29 is 5.11 Å². The number of allylic oxidation sites excluding steroid dienone is 1. The molecule has 1 N–H and O–H groups in total. The third-order valence-electron chi connectivity index (χ3n) is 10.2. The highest BCUT2D eigenvalue weighted by molar-refractivity contribution is 5.27. The van der Waals surface area contributed by atoms with E-state index in [0.717, 1.165) is 29.6 Å². The maximum atomic E-state index is 11.3. The van der Waals surface area contributed by atoms with Gasteiger partial charge in [0.05, 0.1) is 6.10 Å². The normalized spacial score (nSPS) is 46.5. The molecule has 1 heteroatoms. The second-order valence-electron chi connectivity index (χ2n) is 12.1. The molecule has 0 amide bonds. The highest BCUT2D eigenvalue weighted by Crippen LogP contribution is 2.67. The molecule has 4 aliphatic rings. The molecule has 3 saturated carbocycles. The first-order valence-corrected chi connectivity index (χ1v) is 12.7. The van der Waals surface area contributed by atoms with Crippen LogP contribution in [0, 0.1) is 46.3 Å². The van der Waals surface area contributed by atoms with Gasteiger partial charge in [-0.2, -0.15) is 0 Å². The van der Waals surface area contributed by atoms with Gasteiger partial charge in [-0.15, -0.1) is 0 Å². The third-order valence-corrected chi connectivity index (χ3v) is 10.2. The van der Waals surface area contributed by atoms with E-state index in [1.807, 2.05) is 0 Å². The predicted molar refractivity (Wildman–Crippen MR) is 119 cm³/mol. The van der Waals surface area contributed by atoms with Crippen molar-refractivity contribution >= 4 is 0 Å². The Morgan fingerprint density at radius 2 is 1.79 bits per heavy atom. The Kier molecular flexibility index (Phi) is 5.80. The second kappa shape index (κ2) is 7.75. The SMILES string of the molecule is CC(C)CCC[C@@H](C)[C@H]1CC[C@H]2[C@@H]3[C@H](O)C=C4CCCC[C@]4(C)[C@H]3CC[C@]12C. The minimum Gasteiger partial charge on any atom is -0.389 e. The summed E-state index contributed by atoms with van der Waals surface area (Å²) < 4.78 is 0. The molecule has 28 heavy (non-hydrogen) atoms. The average molecular weight is 387 g/mol. The van der Waals surface area contributed by atoms with E-state index in [1.54, 1.807) is 5.57 Å². The summed E-state index contributed by atoms with van der Waals surface area (Å²) in [7, 11) is 0. The van der Waals surface area contributed by atoms with E-state index < -0.39 is 0 Å². The van der Waals surface area contributed by atoms with Crippen LogP contribution >= 0.6 is 0 Å². The first kappa shape index (κ1) is 21.0. The van der Waals surface area contributed by atoms with Crippen LogP contribution in [0.25, 0.3) is 0 Å². The number of fused-ring (bicyclic) bond motifs is 5. The van der Waals surface area contributed by atoms with Crippen LogP contribution in [0.4, 0.5) is 0 Å². The Balaban J connectivity index is 1.53. The molecule has 0 aromatic carbocycles. The van der Waals surface area contributed by atoms with E-state index in [4.69, 9.17) is 0 Å². The molecule has 0 spiro atoms. The van der Waals surface area contributed by atoms with Gasteiger partial charge in [-0.1, -0.05) is 72.0 Å². The Labute approximate surface area is 174 Å². The number of hydrogen-bond donors (Lipinski definition) is 1. The minimum atomic E-state index is -0.175. The first-order chi connectivity index (χ1) is 13.3. The lowest BCUT2D eigenvalue weighted by molar-refractivity contribution is -0.0922. The van der Waals surface area contributed by atoms with Crippen LogP contribution in [0.2, 0.25) is 0 Å². The zero-order chi connectivity index (χ0) is 20.1. The molecular formula is C27H46O. The smallest absolute Gasteiger partial charge is 0.0757 e. The second-order valence-corrected chi connectivity index (χ2v) is 12.1. The molecule has 0 unspecified atom stereocenters. The van der Waals surface area contributed by atoms with Gasteiger partial charge in [0, 0.05) is 0 Å². The van der Waals surface area contributed by atoms with Gasteiger partial charge in [0.2, 0.25) is 0 Å². The van der Waals surface area contributed by atoms with Gasteiger partial charge in [-0.3, -0.25) is 0 Å². The van der Waals surface area contributed by atoms with Crippen molar-refractivity contribution in [3.05, 3.63) is 11.6 Å². The lowest BCUT2D eigenvalue weighted by atomic mass is 9.46. The minimum absolute atomic E-state index is 0.175. The van der Waals surface area contributed by atoms with Gasteiger partial charge in [0.15, 0.2) is 0 Å². The predicted octanol–water partition coefficient (Wildman–Crippen LogP) is 7.39. The van der Waals surface area contributed by atoms with E-state index in [-0.39, 0.29) is 6.10 Å². The lowest BCUT2D eigenvalue weighted by Crippen LogP contribution is -2.54. The van der Waals surface area contributed by atoms with E-state index >= 15 is 0 Å². The zero-order valence-electron chi connectivity index (χ0n) is 19.3. The van der Waals surface area contributed by atoms with Crippen molar-refractivity contribution in [3.8, 4) is 0 Å². The van der Waals surface area contributed by atoms with Crippen molar-refractivity contribution in [2.24, 2.45) is 46.3 Å². The zero-order valence-corrected chi connectivity index (χ0v) is 19.3. The van der Waals surface area contributed by atoms with Crippen molar-refractivity contribution in [1.29, 1.82) is 0 Å².